The highest BCUT2D eigenvalue weighted by Gasteiger charge is 2.47. The number of hydrogen-bond acceptors (Lipinski definition) is 4. The van der Waals surface area contributed by atoms with Crippen LogP contribution in [-0.4, -0.2) is 6.71 Å². The molecule has 0 saturated carbocycles. The fourth-order valence-electron chi connectivity index (χ4n) is 11.4. The zero-order chi connectivity index (χ0) is 62.9. The molecule has 0 amide bonds. The molecule has 0 bridgehead atoms. The number of rotatable bonds is 7. The summed E-state index contributed by atoms with van der Waals surface area (Å²) in [6.07, 6.45) is 1.98. The van der Waals surface area contributed by atoms with E-state index >= 15 is 0 Å². The summed E-state index contributed by atoms with van der Waals surface area (Å²) in [5.74, 6) is 0. The van der Waals surface area contributed by atoms with Gasteiger partial charge in [-0.1, -0.05) is 182 Å². The van der Waals surface area contributed by atoms with Gasteiger partial charge in [0.15, 0.2) is 0 Å². The van der Waals surface area contributed by atoms with Gasteiger partial charge in [0.2, 0.25) is 0 Å². The Morgan fingerprint density at radius 3 is 1.77 bits per heavy atom. The minimum Gasteiger partial charge on any atom is -0.311 e. The van der Waals surface area contributed by atoms with Crippen LogP contribution in [0.3, 0.4) is 0 Å². The van der Waals surface area contributed by atoms with Crippen LogP contribution in [0.25, 0.3) is 32.3 Å². The number of hydrogen-bond donors (Lipinski definition) is 0. The van der Waals surface area contributed by atoms with Crippen LogP contribution >= 0.6 is 11.3 Å². The van der Waals surface area contributed by atoms with Crippen molar-refractivity contribution in [3.63, 3.8) is 0 Å². The molecular weight excluding hydrogens is 902 g/mol. The Morgan fingerprint density at radius 1 is 0.521 bits per heavy atom. The first-order chi connectivity index (χ1) is 41.5. The molecule has 5 heteroatoms. The zero-order valence-electron chi connectivity index (χ0n) is 56.8. The van der Waals surface area contributed by atoms with Crippen molar-refractivity contribution >= 4 is 95.0 Å². The second kappa shape index (κ2) is 17.0. The van der Waals surface area contributed by atoms with E-state index in [1.807, 2.05) is 65.6 Å². The molecule has 0 radical (unpaired) electrons. The third-order valence-electron chi connectivity index (χ3n) is 15.3. The Kier molecular flexibility index (Phi) is 7.40. The lowest BCUT2D eigenvalue weighted by atomic mass is 9.36. The second-order valence-electron chi connectivity index (χ2n) is 21.7. The average molecular weight is 977 g/mol. The molecule has 3 heterocycles. The van der Waals surface area contributed by atoms with Crippen molar-refractivity contribution in [1.29, 1.82) is 0 Å². The van der Waals surface area contributed by atoms with Gasteiger partial charge in [-0.3, -0.25) is 0 Å². The molecular formula is C68H60BN3S. The van der Waals surface area contributed by atoms with Crippen LogP contribution < -0.4 is 30.4 Å². The number of anilines is 9. The van der Waals surface area contributed by atoms with E-state index < -0.39 is 97.3 Å². The third kappa shape index (κ3) is 7.54. The summed E-state index contributed by atoms with van der Waals surface area (Å²) in [5.41, 5.74) is 10.1. The van der Waals surface area contributed by atoms with Gasteiger partial charge in [0, 0.05) is 54.7 Å². The van der Waals surface area contributed by atoms with E-state index in [0.29, 0.717) is 45.3 Å². The maximum Gasteiger partial charge on any atom is 0.264 e. The van der Waals surface area contributed by atoms with Gasteiger partial charge >= 0.3 is 0 Å². The first-order valence-electron chi connectivity index (χ1n) is 32.3. The van der Waals surface area contributed by atoms with E-state index in [9.17, 15) is 5.48 Å². The van der Waals surface area contributed by atoms with Gasteiger partial charge < -0.3 is 14.7 Å². The number of para-hydroxylation sites is 2. The topological polar surface area (TPSA) is 9.72 Å². The lowest BCUT2D eigenvalue weighted by molar-refractivity contribution is 0.332. The first kappa shape index (κ1) is 31.8. The van der Waals surface area contributed by atoms with Crippen molar-refractivity contribution in [3.8, 4) is 22.3 Å². The van der Waals surface area contributed by atoms with E-state index in [1.54, 1.807) is 40.5 Å². The molecule has 3 aliphatic rings. The summed E-state index contributed by atoms with van der Waals surface area (Å²) in [4.78, 5) is 5.97. The predicted molar refractivity (Wildman–Crippen MR) is 315 cm³/mol. The minimum absolute atomic E-state index is 0.0230. The molecule has 0 fully saturated rings. The molecule has 73 heavy (non-hydrogen) atoms. The van der Waals surface area contributed by atoms with Crippen LogP contribution in [0.5, 0.6) is 0 Å². The molecule has 1 aliphatic carbocycles. The summed E-state index contributed by atoms with van der Waals surface area (Å²) in [6.45, 7) is 15.2. The maximum atomic E-state index is 9.61. The molecule has 0 spiro atoms. The van der Waals surface area contributed by atoms with Crippen LogP contribution in [0.4, 0.5) is 51.2 Å². The van der Waals surface area contributed by atoms with Crippen molar-refractivity contribution in [1.82, 2.24) is 0 Å². The van der Waals surface area contributed by atoms with Gasteiger partial charge in [0.1, 0.15) is 0 Å². The SMILES string of the molecule is [2H]c1c([2H])c([2H])c(-c2cccc(N3c4cc(-c5c([2H])c([2H])c([2H])c([2H])c5[2H])ccc4B4c5sc6cc7c(cc6c5N(c5ccc(C(C)(C)C)cc5)c5cc(N(c6ccccc6)c6c([2H])c([2H])c([2H])c([2H])c6[2H])cc3c54)C(C)(C)CCC7(C)C)c2)c([2H])c1[2H]. The molecule has 10 aromatic rings. The summed E-state index contributed by atoms with van der Waals surface area (Å²) >= 11 is 1.71. The molecule has 0 atom stereocenters. The number of benzene rings is 9. The van der Waals surface area contributed by atoms with Gasteiger partial charge in [-0.25, -0.2) is 0 Å². The van der Waals surface area contributed by atoms with Gasteiger partial charge in [0.05, 0.1) is 31.9 Å². The summed E-state index contributed by atoms with van der Waals surface area (Å²) < 4.78 is 137. The average Bonchev–Trinajstić information content (AvgIpc) is 1.23. The molecule has 356 valence electrons. The highest BCUT2D eigenvalue weighted by atomic mass is 32.1. The number of fused-ring (bicyclic) bond motifs is 7. The van der Waals surface area contributed by atoms with Crippen LogP contribution in [0, 0.1) is 0 Å². The normalized spacial score (nSPS) is 18.0. The van der Waals surface area contributed by atoms with Crippen molar-refractivity contribution in [2.75, 3.05) is 14.7 Å². The second-order valence-corrected chi connectivity index (χ2v) is 22.8. The van der Waals surface area contributed by atoms with Gasteiger partial charge in [-0.15, -0.1) is 11.3 Å². The van der Waals surface area contributed by atoms with E-state index in [0.717, 1.165) is 55.6 Å². The van der Waals surface area contributed by atoms with Gasteiger partial charge in [-0.2, -0.15) is 0 Å². The molecule has 0 unspecified atom stereocenters. The van der Waals surface area contributed by atoms with Crippen molar-refractivity contribution in [3.05, 3.63) is 229 Å². The number of thiophene rings is 1. The molecule has 0 saturated heterocycles. The Hall–Kier alpha value is -7.60. The van der Waals surface area contributed by atoms with Crippen LogP contribution in [0.15, 0.2) is 212 Å². The van der Waals surface area contributed by atoms with E-state index in [1.165, 1.54) is 11.1 Å². The molecule has 1 aromatic heterocycles. The Balaban J connectivity index is 1.22. The van der Waals surface area contributed by atoms with E-state index in [2.05, 4.69) is 89.8 Å². The fraction of sp³-hybridized carbons (Fsp3) is 0.176. The highest BCUT2D eigenvalue weighted by Crippen LogP contribution is 2.54. The van der Waals surface area contributed by atoms with Crippen LogP contribution in [-0.2, 0) is 16.2 Å². The standard InChI is InChI=1S/C68H60BN3S/c1-66(2,3)49-32-34-52(35-33-49)72-61-42-54(70(50-26-16-10-17-27-50)51-28-18-11-19-29-51)41-60-63(61)69(65-64(72)55-43-56-57(44-62(55)73-65)68(6,7)38-37-67(56,4)5)58-36-31-48(46-23-14-9-15-24-46)40-59(58)71(60)53-30-20-25-47(39-53)45-21-12-8-13-22-45/h8-36,39-44H,37-38H2,1-7H3/i8D,9D,10D,12D,13D,14D,15D,16D,17D,21D,22D,23D,24D,26D,27D. The minimum atomic E-state index is -0.565. The number of nitrogens with zero attached hydrogens (tertiary/aromatic N) is 3. The molecule has 3 nitrogen and oxygen atoms in total. The Labute approximate surface area is 457 Å². The highest BCUT2D eigenvalue weighted by molar-refractivity contribution is 7.33. The Bertz CT molecular complexity index is 4570. The zero-order valence-corrected chi connectivity index (χ0v) is 42.6. The molecule has 13 rings (SSSR count). The van der Waals surface area contributed by atoms with Crippen molar-refractivity contribution in [2.24, 2.45) is 0 Å². The van der Waals surface area contributed by atoms with Crippen LogP contribution in [0.1, 0.15) is 98.6 Å². The summed E-state index contributed by atoms with van der Waals surface area (Å²) in [7, 11) is 0. The summed E-state index contributed by atoms with van der Waals surface area (Å²) in [5, 5.41) is 1.03. The molecule has 0 N–H and O–H groups in total. The van der Waals surface area contributed by atoms with Crippen molar-refractivity contribution < 1.29 is 20.6 Å². The largest absolute Gasteiger partial charge is 0.311 e. The molecule has 2 aliphatic heterocycles. The predicted octanol–water partition coefficient (Wildman–Crippen LogP) is 17.4. The lowest BCUT2D eigenvalue weighted by Crippen LogP contribution is -2.60. The third-order valence-corrected chi connectivity index (χ3v) is 16.5. The monoisotopic (exact) mass is 977 g/mol. The lowest BCUT2D eigenvalue weighted by Gasteiger charge is -2.44. The van der Waals surface area contributed by atoms with E-state index in [-0.39, 0.29) is 33.1 Å². The smallest absolute Gasteiger partial charge is 0.264 e. The fourth-order valence-corrected chi connectivity index (χ4v) is 12.7. The maximum absolute atomic E-state index is 9.61. The van der Waals surface area contributed by atoms with E-state index in [4.69, 9.17) is 15.1 Å². The molecule has 9 aromatic carbocycles. The Morgan fingerprint density at radius 2 is 1.12 bits per heavy atom. The van der Waals surface area contributed by atoms with Crippen molar-refractivity contribution in [2.45, 2.75) is 77.6 Å². The first-order valence-corrected chi connectivity index (χ1v) is 25.7. The van der Waals surface area contributed by atoms with Crippen LogP contribution in [0.2, 0.25) is 0 Å². The quantitative estimate of drug-likeness (QED) is 0.147. The summed E-state index contributed by atoms with van der Waals surface area (Å²) in [6, 6.07) is 31.8. The van der Waals surface area contributed by atoms with Gasteiger partial charge in [0.25, 0.3) is 6.71 Å². The van der Waals surface area contributed by atoms with Gasteiger partial charge in [-0.05, 0) is 158 Å².